The summed E-state index contributed by atoms with van der Waals surface area (Å²) >= 11 is 0. The highest BCUT2D eigenvalue weighted by molar-refractivity contribution is 5.98. The standard InChI is InChI=1S/C15H19N3O2/c1-10-5-2-3-6-12(10)17-14-11(15(19)20)9-16-18-8-4-7-13(14)18/h4,7-10,12,17H,2-3,5-6H2,1H3,(H,19,20). The van der Waals surface area contributed by atoms with E-state index in [1.54, 1.807) is 4.52 Å². The smallest absolute Gasteiger partial charge is 0.339 e. The number of nitrogens with one attached hydrogen (secondary N) is 1. The van der Waals surface area contributed by atoms with E-state index in [9.17, 15) is 9.90 Å². The molecule has 0 aliphatic heterocycles. The molecule has 0 bridgehead atoms. The SMILES string of the molecule is CC1CCCCC1Nc1c(C(=O)O)cnn2cccc12. The predicted octanol–water partition coefficient (Wildman–Crippen LogP) is 3.02. The molecule has 2 aromatic heterocycles. The molecule has 0 amide bonds. The van der Waals surface area contributed by atoms with Gasteiger partial charge in [0.2, 0.25) is 0 Å². The Morgan fingerprint density at radius 2 is 2.25 bits per heavy atom. The molecule has 2 unspecified atom stereocenters. The number of aromatic nitrogens is 2. The Hall–Kier alpha value is -2.04. The lowest BCUT2D eigenvalue weighted by Gasteiger charge is -2.31. The van der Waals surface area contributed by atoms with Gasteiger partial charge < -0.3 is 10.4 Å². The van der Waals surface area contributed by atoms with Crippen molar-refractivity contribution in [3.63, 3.8) is 0 Å². The van der Waals surface area contributed by atoms with E-state index < -0.39 is 5.97 Å². The summed E-state index contributed by atoms with van der Waals surface area (Å²) in [4.78, 5) is 11.4. The Bertz CT molecular complexity index is 635. The molecule has 0 spiro atoms. The van der Waals surface area contributed by atoms with Crippen LogP contribution in [0.25, 0.3) is 5.52 Å². The second-order valence-electron chi connectivity index (χ2n) is 5.59. The number of carbonyl (C=O) groups is 1. The molecule has 2 aromatic rings. The zero-order chi connectivity index (χ0) is 14.1. The van der Waals surface area contributed by atoms with Crippen molar-refractivity contribution in [2.45, 2.75) is 38.6 Å². The zero-order valence-electron chi connectivity index (χ0n) is 11.5. The van der Waals surface area contributed by atoms with Crippen molar-refractivity contribution in [3.8, 4) is 0 Å². The van der Waals surface area contributed by atoms with E-state index >= 15 is 0 Å². The average Bonchev–Trinajstić information content (AvgIpc) is 2.90. The van der Waals surface area contributed by atoms with Gasteiger partial charge in [0, 0.05) is 12.2 Å². The molecule has 1 saturated carbocycles. The fourth-order valence-corrected chi connectivity index (χ4v) is 3.02. The third-order valence-corrected chi connectivity index (χ3v) is 4.24. The van der Waals surface area contributed by atoms with E-state index in [1.165, 1.54) is 25.5 Å². The Balaban J connectivity index is 2.01. The van der Waals surface area contributed by atoms with Crippen LogP contribution in [0.1, 0.15) is 43.0 Å². The maximum Gasteiger partial charge on any atom is 0.339 e. The number of hydrogen-bond acceptors (Lipinski definition) is 3. The average molecular weight is 273 g/mol. The van der Waals surface area contributed by atoms with Crippen LogP contribution in [-0.4, -0.2) is 26.7 Å². The van der Waals surface area contributed by atoms with Gasteiger partial charge in [-0.2, -0.15) is 5.10 Å². The molecule has 0 saturated heterocycles. The summed E-state index contributed by atoms with van der Waals surface area (Å²) in [5.41, 5.74) is 1.76. The first-order valence-electron chi connectivity index (χ1n) is 7.13. The summed E-state index contributed by atoms with van der Waals surface area (Å²) in [6.07, 6.45) is 8.01. The number of rotatable bonds is 3. The minimum Gasteiger partial charge on any atom is -0.478 e. The molecular formula is C15H19N3O2. The molecule has 20 heavy (non-hydrogen) atoms. The normalized spacial score (nSPS) is 22.9. The Morgan fingerprint density at radius 3 is 3.00 bits per heavy atom. The molecule has 1 aliphatic carbocycles. The van der Waals surface area contributed by atoms with Gasteiger partial charge in [-0.15, -0.1) is 0 Å². The number of carboxylic acids is 1. The van der Waals surface area contributed by atoms with Crippen molar-refractivity contribution in [2.24, 2.45) is 5.92 Å². The van der Waals surface area contributed by atoms with E-state index in [-0.39, 0.29) is 5.56 Å². The van der Waals surface area contributed by atoms with E-state index in [0.717, 1.165) is 11.9 Å². The summed E-state index contributed by atoms with van der Waals surface area (Å²) in [5, 5.41) is 17.0. The minimum atomic E-state index is -0.938. The Labute approximate surface area is 117 Å². The lowest BCUT2D eigenvalue weighted by Crippen LogP contribution is -2.31. The Morgan fingerprint density at radius 1 is 1.45 bits per heavy atom. The first kappa shape index (κ1) is 13.0. The fraction of sp³-hybridized carbons (Fsp3) is 0.467. The van der Waals surface area contributed by atoms with Gasteiger partial charge in [0.1, 0.15) is 5.56 Å². The minimum absolute atomic E-state index is 0.244. The number of aromatic carboxylic acids is 1. The van der Waals surface area contributed by atoms with Gasteiger partial charge in [-0.25, -0.2) is 9.31 Å². The quantitative estimate of drug-likeness (QED) is 0.902. The molecule has 106 valence electrons. The topological polar surface area (TPSA) is 66.6 Å². The van der Waals surface area contributed by atoms with Crippen LogP contribution in [0.3, 0.4) is 0 Å². The number of fused-ring (bicyclic) bond motifs is 1. The summed E-state index contributed by atoms with van der Waals surface area (Å²) < 4.78 is 1.71. The van der Waals surface area contributed by atoms with Gasteiger partial charge in [0.25, 0.3) is 0 Å². The summed E-state index contributed by atoms with van der Waals surface area (Å²) in [6, 6.07) is 4.11. The third-order valence-electron chi connectivity index (χ3n) is 4.24. The van der Waals surface area contributed by atoms with Crippen molar-refractivity contribution in [1.82, 2.24) is 9.61 Å². The molecule has 5 heteroatoms. The summed E-state index contributed by atoms with van der Waals surface area (Å²) in [7, 11) is 0. The highest BCUT2D eigenvalue weighted by atomic mass is 16.4. The lowest BCUT2D eigenvalue weighted by molar-refractivity contribution is 0.0697. The monoisotopic (exact) mass is 273 g/mol. The molecule has 0 aromatic carbocycles. The van der Waals surface area contributed by atoms with Gasteiger partial charge in [-0.05, 0) is 30.9 Å². The summed E-state index contributed by atoms with van der Waals surface area (Å²) in [6.45, 7) is 2.23. The van der Waals surface area contributed by atoms with E-state index in [0.29, 0.717) is 17.6 Å². The second-order valence-corrected chi connectivity index (χ2v) is 5.59. The summed E-state index contributed by atoms with van der Waals surface area (Å²) in [5.74, 6) is -0.374. The number of hydrogen-bond donors (Lipinski definition) is 2. The van der Waals surface area contributed by atoms with Crippen molar-refractivity contribution < 1.29 is 9.90 Å². The second kappa shape index (κ2) is 5.15. The predicted molar refractivity (Wildman–Crippen MR) is 77.2 cm³/mol. The first-order valence-corrected chi connectivity index (χ1v) is 7.13. The van der Waals surface area contributed by atoms with E-state index in [1.807, 2.05) is 18.3 Å². The number of nitrogens with zero attached hydrogens (tertiary/aromatic N) is 2. The lowest BCUT2D eigenvalue weighted by atomic mass is 9.85. The van der Waals surface area contributed by atoms with Gasteiger partial charge in [0.05, 0.1) is 17.4 Å². The largest absolute Gasteiger partial charge is 0.478 e. The van der Waals surface area contributed by atoms with Crippen LogP contribution in [0.5, 0.6) is 0 Å². The van der Waals surface area contributed by atoms with Crippen LogP contribution in [0.4, 0.5) is 5.69 Å². The Kier molecular flexibility index (Phi) is 3.34. The number of carboxylic acid groups (broad SMARTS) is 1. The molecule has 5 nitrogen and oxygen atoms in total. The molecule has 3 rings (SSSR count). The van der Waals surface area contributed by atoms with E-state index in [4.69, 9.17) is 0 Å². The third kappa shape index (κ3) is 2.24. The highest BCUT2D eigenvalue weighted by Gasteiger charge is 2.24. The van der Waals surface area contributed by atoms with Gasteiger partial charge in [-0.3, -0.25) is 0 Å². The van der Waals surface area contributed by atoms with Gasteiger partial charge in [0.15, 0.2) is 0 Å². The van der Waals surface area contributed by atoms with Crippen molar-refractivity contribution in [3.05, 3.63) is 30.1 Å². The highest BCUT2D eigenvalue weighted by Crippen LogP contribution is 2.30. The van der Waals surface area contributed by atoms with Gasteiger partial charge >= 0.3 is 5.97 Å². The molecule has 1 fully saturated rings. The van der Waals surface area contributed by atoms with Gasteiger partial charge in [-0.1, -0.05) is 19.8 Å². The van der Waals surface area contributed by atoms with Crippen LogP contribution in [0.2, 0.25) is 0 Å². The van der Waals surface area contributed by atoms with Crippen molar-refractivity contribution in [2.75, 3.05) is 5.32 Å². The van der Waals surface area contributed by atoms with Crippen LogP contribution >= 0.6 is 0 Å². The molecule has 2 heterocycles. The molecule has 2 atom stereocenters. The molecule has 0 radical (unpaired) electrons. The van der Waals surface area contributed by atoms with Crippen molar-refractivity contribution in [1.29, 1.82) is 0 Å². The maximum atomic E-state index is 11.4. The first-order chi connectivity index (χ1) is 9.66. The zero-order valence-corrected chi connectivity index (χ0v) is 11.5. The fourth-order valence-electron chi connectivity index (χ4n) is 3.02. The van der Waals surface area contributed by atoms with Crippen LogP contribution in [-0.2, 0) is 0 Å². The molecule has 2 N–H and O–H groups in total. The molecule has 1 aliphatic rings. The van der Waals surface area contributed by atoms with Crippen molar-refractivity contribution >= 4 is 17.2 Å². The van der Waals surface area contributed by atoms with Crippen LogP contribution in [0, 0.1) is 5.92 Å². The maximum absolute atomic E-state index is 11.4. The van der Waals surface area contributed by atoms with Crippen LogP contribution < -0.4 is 5.32 Å². The van der Waals surface area contributed by atoms with E-state index in [2.05, 4.69) is 17.3 Å². The number of anilines is 1. The molecular weight excluding hydrogens is 254 g/mol. The van der Waals surface area contributed by atoms with Crippen LogP contribution in [0.15, 0.2) is 24.5 Å².